The quantitative estimate of drug-likeness (QED) is 0.739. The molecule has 1 aromatic carbocycles. The number of benzene rings is 1. The summed E-state index contributed by atoms with van der Waals surface area (Å²) in [6.07, 6.45) is -4.41. The SMILES string of the molecule is Cc1c(N2C(=O)[C@@H]3[C@H](C2=O)[C@@]2(C)C[C@@H](N)[C@]3(C)O2)ccc(C#N)c1C(F)(F)F. The van der Waals surface area contributed by atoms with Crippen LogP contribution in [0.15, 0.2) is 12.1 Å². The fraction of sp³-hybridized carbons (Fsp3) is 0.526. The lowest BCUT2D eigenvalue weighted by Gasteiger charge is -2.32. The minimum absolute atomic E-state index is 0.157. The summed E-state index contributed by atoms with van der Waals surface area (Å²) in [6, 6.07) is 3.27. The first kappa shape index (κ1) is 18.9. The van der Waals surface area contributed by atoms with Gasteiger partial charge in [0, 0.05) is 6.04 Å². The molecule has 5 atom stereocenters. The standard InChI is InChI=1S/C19H18F3N3O3/c1-8-10(5-4-9(7-23)12(8)19(20,21)22)25-15(26)13-14(16(25)27)18(3)11(24)6-17(13,2)28-18/h4-5,11,13-14H,6,24H2,1-3H3/t11-,13-,14+,17-,18+/m1/s1. The Labute approximate surface area is 159 Å². The van der Waals surface area contributed by atoms with E-state index in [0.717, 1.165) is 17.9 Å². The fourth-order valence-corrected chi connectivity index (χ4v) is 5.24. The number of carbonyl (C=O) groups excluding carboxylic acids is 2. The maximum atomic E-state index is 13.5. The third-order valence-corrected chi connectivity index (χ3v) is 6.48. The second-order valence-corrected chi connectivity index (χ2v) is 8.12. The average Bonchev–Trinajstić information content (AvgIpc) is 3.08. The molecule has 4 rings (SSSR count). The first-order chi connectivity index (χ1) is 12.9. The Morgan fingerprint density at radius 3 is 2.43 bits per heavy atom. The van der Waals surface area contributed by atoms with Crippen molar-refractivity contribution in [1.29, 1.82) is 5.26 Å². The van der Waals surface area contributed by atoms with Gasteiger partial charge in [0.15, 0.2) is 0 Å². The van der Waals surface area contributed by atoms with E-state index >= 15 is 0 Å². The summed E-state index contributed by atoms with van der Waals surface area (Å²) in [7, 11) is 0. The molecule has 3 saturated heterocycles. The second kappa shape index (κ2) is 5.33. The molecule has 2 N–H and O–H groups in total. The summed E-state index contributed by atoms with van der Waals surface area (Å²) in [5.74, 6) is -2.85. The minimum atomic E-state index is -4.80. The molecule has 0 aliphatic carbocycles. The second-order valence-electron chi connectivity index (χ2n) is 8.12. The van der Waals surface area contributed by atoms with E-state index in [-0.39, 0.29) is 11.3 Å². The molecule has 0 saturated carbocycles. The molecule has 0 unspecified atom stereocenters. The fourth-order valence-electron chi connectivity index (χ4n) is 5.24. The van der Waals surface area contributed by atoms with Gasteiger partial charge in [0.1, 0.15) is 0 Å². The minimum Gasteiger partial charge on any atom is -0.366 e. The van der Waals surface area contributed by atoms with Crippen LogP contribution < -0.4 is 10.6 Å². The number of carbonyl (C=O) groups is 2. The van der Waals surface area contributed by atoms with Gasteiger partial charge in [-0.3, -0.25) is 9.59 Å². The zero-order valence-electron chi connectivity index (χ0n) is 15.4. The third-order valence-electron chi connectivity index (χ3n) is 6.48. The number of fused-ring (bicyclic) bond motifs is 5. The first-order valence-electron chi connectivity index (χ1n) is 8.81. The lowest BCUT2D eigenvalue weighted by molar-refractivity contribution is -0.138. The van der Waals surface area contributed by atoms with E-state index in [9.17, 15) is 22.8 Å². The van der Waals surface area contributed by atoms with E-state index in [4.69, 9.17) is 15.7 Å². The molecule has 0 spiro atoms. The lowest BCUT2D eigenvalue weighted by Crippen LogP contribution is -2.53. The van der Waals surface area contributed by atoms with Crippen LogP contribution in [-0.4, -0.2) is 29.1 Å². The van der Waals surface area contributed by atoms with Crippen molar-refractivity contribution in [3.63, 3.8) is 0 Å². The van der Waals surface area contributed by atoms with E-state index in [1.54, 1.807) is 13.8 Å². The van der Waals surface area contributed by atoms with E-state index in [1.165, 1.54) is 12.1 Å². The van der Waals surface area contributed by atoms with Gasteiger partial charge < -0.3 is 10.5 Å². The van der Waals surface area contributed by atoms with Gasteiger partial charge in [0.05, 0.1) is 45.9 Å². The molecule has 3 fully saturated rings. The van der Waals surface area contributed by atoms with Gasteiger partial charge in [-0.15, -0.1) is 0 Å². The van der Waals surface area contributed by atoms with E-state index in [1.807, 2.05) is 0 Å². The number of nitriles is 1. The van der Waals surface area contributed by atoms with Crippen molar-refractivity contribution in [2.45, 2.75) is 50.6 Å². The van der Waals surface area contributed by atoms with Crippen LogP contribution in [0.5, 0.6) is 0 Å². The molecule has 0 radical (unpaired) electrons. The maximum absolute atomic E-state index is 13.5. The summed E-state index contributed by atoms with van der Waals surface area (Å²) in [5.41, 5.74) is 1.97. The number of amides is 2. The number of rotatable bonds is 1. The summed E-state index contributed by atoms with van der Waals surface area (Å²) < 4.78 is 46.5. The number of imide groups is 1. The van der Waals surface area contributed by atoms with Crippen LogP contribution in [0.25, 0.3) is 0 Å². The maximum Gasteiger partial charge on any atom is 0.418 e. The van der Waals surface area contributed by atoms with E-state index in [2.05, 4.69) is 0 Å². The molecule has 9 heteroatoms. The van der Waals surface area contributed by atoms with Crippen LogP contribution in [0.3, 0.4) is 0 Å². The molecule has 6 nitrogen and oxygen atoms in total. The third kappa shape index (κ3) is 2.10. The van der Waals surface area contributed by atoms with Crippen LogP contribution in [0.4, 0.5) is 18.9 Å². The van der Waals surface area contributed by atoms with Crippen molar-refractivity contribution in [2.75, 3.05) is 4.90 Å². The smallest absolute Gasteiger partial charge is 0.366 e. The van der Waals surface area contributed by atoms with Crippen molar-refractivity contribution in [3.8, 4) is 6.07 Å². The highest BCUT2D eigenvalue weighted by atomic mass is 19.4. The molecular formula is C19H18F3N3O3. The van der Waals surface area contributed by atoms with E-state index < -0.39 is 58.2 Å². The van der Waals surface area contributed by atoms with E-state index in [0.29, 0.717) is 6.42 Å². The van der Waals surface area contributed by atoms with Gasteiger partial charge in [-0.25, -0.2) is 4.90 Å². The van der Waals surface area contributed by atoms with Gasteiger partial charge in [-0.2, -0.15) is 18.4 Å². The van der Waals surface area contributed by atoms with Gasteiger partial charge in [0.25, 0.3) is 0 Å². The van der Waals surface area contributed by atoms with Crippen LogP contribution in [0.2, 0.25) is 0 Å². The highest BCUT2D eigenvalue weighted by Gasteiger charge is 2.75. The Bertz CT molecular complexity index is 970. The predicted molar refractivity (Wildman–Crippen MR) is 90.9 cm³/mol. The summed E-state index contributed by atoms with van der Waals surface area (Å²) >= 11 is 0. The topological polar surface area (TPSA) is 96.4 Å². The zero-order chi connectivity index (χ0) is 20.8. The molecule has 3 aliphatic heterocycles. The number of ether oxygens (including phenoxy) is 1. The van der Waals surface area contributed by atoms with Gasteiger partial charge >= 0.3 is 6.18 Å². The molecule has 2 bridgehead atoms. The Morgan fingerprint density at radius 2 is 1.86 bits per heavy atom. The number of hydrogen-bond acceptors (Lipinski definition) is 5. The van der Waals surface area contributed by atoms with Crippen LogP contribution >= 0.6 is 0 Å². The van der Waals surface area contributed by atoms with Gasteiger partial charge in [-0.05, 0) is 44.9 Å². The average molecular weight is 393 g/mol. The van der Waals surface area contributed by atoms with Crippen molar-refractivity contribution in [3.05, 3.63) is 28.8 Å². The van der Waals surface area contributed by atoms with Gasteiger partial charge in [-0.1, -0.05) is 0 Å². The highest BCUT2D eigenvalue weighted by Crippen LogP contribution is 2.60. The number of nitrogens with two attached hydrogens (primary N) is 1. The Morgan fingerprint density at radius 1 is 1.25 bits per heavy atom. The van der Waals surface area contributed by atoms with Crippen molar-refractivity contribution >= 4 is 17.5 Å². The Hall–Kier alpha value is -2.44. The molecule has 2 amide bonds. The van der Waals surface area contributed by atoms with Crippen LogP contribution in [0, 0.1) is 30.1 Å². The van der Waals surface area contributed by atoms with Gasteiger partial charge in [0.2, 0.25) is 11.8 Å². The molecule has 3 heterocycles. The Balaban J connectivity index is 1.86. The molecular weight excluding hydrogens is 375 g/mol. The summed E-state index contributed by atoms with van der Waals surface area (Å²) in [4.78, 5) is 27.1. The zero-order valence-corrected chi connectivity index (χ0v) is 15.4. The van der Waals surface area contributed by atoms with Crippen LogP contribution in [-0.2, 0) is 20.5 Å². The van der Waals surface area contributed by atoms with Crippen molar-refractivity contribution in [1.82, 2.24) is 0 Å². The number of alkyl halides is 3. The Kier molecular flexibility index (Phi) is 3.60. The number of anilines is 1. The number of halogens is 3. The van der Waals surface area contributed by atoms with Crippen molar-refractivity contribution < 1.29 is 27.5 Å². The predicted octanol–water partition coefficient (Wildman–Crippen LogP) is 2.27. The first-order valence-corrected chi connectivity index (χ1v) is 8.81. The largest absolute Gasteiger partial charge is 0.418 e. The summed E-state index contributed by atoms with van der Waals surface area (Å²) in [5, 5.41) is 9.04. The van der Waals surface area contributed by atoms with Crippen molar-refractivity contribution in [2.24, 2.45) is 17.6 Å². The molecule has 148 valence electrons. The molecule has 1 aromatic rings. The molecule has 28 heavy (non-hydrogen) atoms. The summed E-state index contributed by atoms with van der Waals surface area (Å²) in [6.45, 7) is 4.55. The van der Waals surface area contributed by atoms with Crippen LogP contribution in [0.1, 0.15) is 37.0 Å². The monoisotopic (exact) mass is 393 g/mol. The normalized spacial score (nSPS) is 36.8. The highest BCUT2D eigenvalue weighted by molar-refractivity contribution is 6.23. The molecule has 0 aromatic heterocycles. The lowest BCUT2D eigenvalue weighted by atomic mass is 9.67. The molecule has 3 aliphatic rings. The number of nitrogens with zero attached hydrogens (tertiary/aromatic N) is 2. The number of hydrogen-bond donors (Lipinski definition) is 1.